The highest BCUT2D eigenvalue weighted by Crippen LogP contribution is 2.30. The molecule has 1 aromatic rings. The highest BCUT2D eigenvalue weighted by atomic mass is 16.6. The maximum absolute atomic E-state index is 13.6. The van der Waals surface area contributed by atoms with E-state index >= 15 is 0 Å². The summed E-state index contributed by atoms with van der Waals surface area (Å²) in [4.78, 5) is 40.5. The predicted molar refractivity (Wildman–Crippen MR) is 124 cm³/mol. The van der Waals surface area contributed by atoms with Crippen molar-refractivity contribution in [3.63, 3.8) is 0 Å². The van der Waals surface area contributed by atoms with E-state index in [1.54, 1.807) is 45.0 Å². The van der Waals surface area contributed by atoms with E-state index in [1.807, 2.05) is 33.8 Å². The number of rotatable bonds is 9. The third-order valence-corrected chi connectivity index (χ3v) is 4.58. The highest BCUT2D eigenvalue weighted by molar-refractivity contribution is 5.92. The van der Waals surface area contributed by atoms with Gasteiger partial charge < -0.3 is 25.4 Å². The van der Waals surface area contributed by atoms with Gasteiger partial charge >= 0.3 is 6.09 Å². The lowest BCUT2D eigenvalue weighted by atomic mass is 9.95. The first-order valence-corrected chi connectivity index (χ1v) is 11.1. The monoisotopic (exact) mass is 449 g/mol. The molecule has 0 radical (unpaired) electrons. The van der Waals surface area contributed by atoms with Crippen LogP contribution in [0.4, 0.5) is 4.79 Å². The predicted octanol–water partition coefficient (Wildman–Crippen LogP) is 3.16. The minimum Gasteiger partial charge on any atom is -0.444 e. The third-order valence-electron chi connectivity index (χ3n) is 4.58. The normalized spacial score (nSPS) is 13.6. The summed E-state index contributed by atoms with van der Waals surface area (Å²) in [5.41, 5.74) is -0.913. The van der Waals surface area contributed by atoms with Crippen LogP contribution in [0.25, 0.3) is 0 Å². The van der Waals surface area contributed by atoms with Gasteiger partial charge in [0.1, 0.15) is 17.7 Å². The van der Waals surface area contributed by atoms with Crippen LogP contribution >= 0.6 is 0 Å². The van der Waals surface area contributed by atoms with Crippen molar-refractivity contribution in [1.29, 1.82) is 0 Å². The van der Waals surface area contributed by atoms with Crippen molar-refractivity contribution in [2.24, 2.45) is 0 Å². The number of nitrogens with zero attached hydrogens (tertiary/aromatic N) is 1. The lowest BCUT2D eigenvalue weighted by molar-refractivity contribution is -0.149. The standard InChI is InChI=1S/C24H39N3O5/c1-8-9-15-25-20(29)19(17-13-11-10-12-14-17)27(23(2,3)4)21(30)18(16-28)26-22(31)32-24(5,6)7/h10-14,18-19,28H,8-9,15-16H2,1-7H3,(H,25,29)(H,26,31). The Hall–Kier alpha value is -2.61. The van der Waals surface area contributed by atoms with Crippen LogP contribution in [0.15, 0.2) is 30.3 Å². The molecule has 8 heteroatoms. The Labute approximate surface area is 191 Å². The van der Waals surface area contributed by atoms with Crippen molar-refractivity contribution in [1.82, 2.24) is 15.5 Å². The lowest BCUT2D eigenvalue weighted by Crippen LogP contribution is -2.59. The van der Waals surface area contributed by atoms with Crippen molar-refractivity contribution >= 4 is 17.9 Å². The van der Waals surface area contributed by atoms with Crippen molar-refractivity contribution < 1.29 is 24.2 Å². The topological polar surface area (TPSA) is 108 Å². The number of aliphatic hydroxyl groups excluding tert-OH is 1. The average molecular weight is 450 g/mol. The number of hydrogen-bond acceptors (Lipinski definition) is 5. The molecular formula is C24H39N3O5. The summed E-state index contributed by atoms with van der Waals surface area (Å²) in [5.74, 6) is -0.896. The number of unbranched alkanes of at least 4 members (excludes halogenated alkanes) is 1. The number of alkyl carbamates (subject to hydrolysis) is 1. The molecule has 1 aromatic carbocycles. The molecule has 0 aromatic heterocycles. The number of nitrogens with one attached hydrogen (secondary N) is 2. The van der Waals surface area contributed by atoms with Crippen LogP contribution in [0.1, 0.15) is 72.9 Å². The number of carbonyl (C=O) groups is 3. The van der Waals surface area contributed by atoms with E-state index in [4.69, 9.17) is 4.74 Å². The summed E-state index contributed by atoms with van der Waals surface area (Å²) in [7, 11) is 0. The van der Waals surface area contributed by atoms with Crippen molar-refractivity contribution in [2.45, 2.75) is 84.5 Å². The molecule has 2 unspecified atom stereocenters. The molecule has 0 heterocycles. The van der Waals surface area contributed by atoms with Gasteiger partial charge in [-0.1, -0.05) is 43.7 Å². The number of benzene rings is 1. The van der Waals surface area contributed by atoms with Gasteiger partial charge in [0.05, 0.1) is 6.61 Å². The molecule has 8 nitrogen and oxygen atoms in total. The summed E-state index contributed by atoms with van der Waals surface area (Å²) >= 11 is 0. The van der Waals surface area contributed by atoms with Crippen LogP contribution in [0.3, 0.4) is 0 Å². The zero-order chi connectivity index (χ0) is 24.5. The van der Waals surface area contributed by atoms with Crippen LogP contribution in [-0.4, -0.2) is 58.2 Å². The average Bonchev–Trinajstić information content (AvgIpc) is 2.68. The first-order valence-electron chi connectivity index (χ1n) is 11.1. The largest absolute Gasteiger partial charge is 0.444 e. The Balaban J connectivity index is 3.33. The van der Waals surface area contributed by atoms with Gasteiger partial charge in [0, 0.05) is 12.1 Å². The third kappa shape index (κ3) is 8.49. The molecule has 0 saturated carbocycles. The van der Waals surface area contributed by atoms with Crippen LogP contribution in [0, 0.1) is 0 Å². The number of ether oxygens (including phenoxy) is 1. The van der Waals surface area contributed by atoms with E-state index in [1.165, 1.54) is 4.90 Å². The summed E-state index contributed by atoms with van der Waals surface area (Å²) in [5, 5.41) is 15.3. The van der Waals surface area contributed by atoms with Gasteiger partial charge in [-0.25, -0.2) is 4.79 Å². The molecule has 2 atom stereocenters. The van der Waals surface area contributed by atoms with Gasteiger partial charge in [0.15, 0.2) is 0 Å². The maximum Gasteiger partial charge on any atom is 0.408 e. The van der Waals surface area contributed by atoms with Crippen molar-refractivity contribution in [3.05, 3.63) is 35.9 Å². The maximum atomic E-state index is 13.6. The lowest BCUT2D eigenvalue weighted by Gasteiger charge is -2.42. The molecule has 180 valence electrons. The minimum atomic E-state index is -1.27. The number of aliphatic hydroxyl groups is 1. The molecule has 0 saturated heterocycles. The van der Waals surface area contributed by atoms with E-state index in [0.29, 0.717) is 12.1 Å². The second kappa shape index (κ2) is 11.9. The second-order valence-electron chi connectivity index (χ2n) is 9.72. The molecule has 0 aliphatic carbocycles. The van der Waals surface area contributed by atoms with Gasteiger partial charge in [-0.3, -0.25) is 9.59 Å². The Morgan fingerprint density at radius 2 is 1.66 bits per heavy atom. The van der Waals surface area contributed by atoms with Gasteiger partial charge in [-0.15, -0.1) is 0 Å². The molecule has 32 heavy (non-hydrogen) atoms. The van der Waals surface area contributed by atoms with Gasteiger partial charge in [0.2, 0.25) is 11.8 Å². The molecule has 0 aliphatic rings. The fourth-order valence-corrected chi connectivity index (χ4v) is 3.19. The SMILES string of the molecule is CCCCNC(=O)C(c1ccccc1)N(C(=O)C(CO)NC(=O)OC(C)(C)C)C(C)(C)C. The van der Waals surface area contributed by atoms with Crippen LogP contribution in [0.5, 0.6) is 0 Å². The first kappa shape index (κ1) is 27.4. The number of amides is 3. The van der Waals surface area contributed by atoms with Crippen molar-refractivity contribution in [3.8, 4) is 0 Å². The van der Waals surface area contributed by atoms with E-state index in [9.17, 15) is 19.5 Å². The van der Waals surface area contributed by atoms with Crippen LogP contribution in [0.2, 0.25) is 0 Å². The summed E-state index contributed by atoms with van der Waals surface area (Å²) in [6, 6.07) is 6.80. The number of hydrogen-bond donors (Lipinski definition) is 3. The van der Waals surface area contributed by atoms with Gasteiger partial charge in [0.25, 0.3) is 0 Å². The second-order valence-corrected chi connectivity index (χ2v) is 9.72. The van der Waals surface area contributed by atoms with E-state index in [0.717, 1.165) is 12.8 Å². The van der Waals surface area contributed by atoms with Gasteiger partial charge in [-0.2, -0.15) is 0 Å². The summed E-state index contributed by atoms with van der Waals surface area (Å²) < 4.78 is 5.23. The van der Waals surface area contributed by atoms with E-state index in [-0.39, 0.29) is 5.91 Å². The van der Waals surface area contributed by atoms with E-state index in [2.05, 4.69) is 10.6 Å². The fraction of sp³-hybridized carbons (Fsp3) is 0.625. The molecule has 3 amide bonds. The molecular weight excluding hydrogens is 410 g/mol. The van der Waals surface area contributed by atoms with Crippen LogP contribution in [-0.2, 0) is 14.3 Å². The van der Waals surface area contributed by atoms with Crippen molar-refractivity contribution in [2.75, 3.05) is 13.2 Å². The Bertz CT molecular complexity index is 753. The molecule has 0 spiro atoms. The van der Waals surface area contributed by atoms with Crippen LogP contribution < -0.4 is 10.6 Å². The summed E-state index contributed by atoms with van der Waals surface area (Å²) in [6.07, 6.45) is 0.920. The Morgan fingerprint density at radius 1 is 1.06 bits per heavy atom. The molecule has 1 rings (SSSR count). The minimum absolute atomic E-state index is 0.318. The van der Waals surface area contributed by atoms with Gasteiger partial charge in [-0.05, 0) is 53.5 Å². The summed E-state index contributed by atoms with van der Waals surface area (Å²) in [6.45, 7) is 12.4. The Morgan fingerprint density at radius 3 is 2.12 bits per heavy atom. The molecule has 0 aliphatic heterocycles. The smallest absolute Gasteiger partial charge is 0.408 e. The fourth-order valence-electron chi connectivity index (χ4n) is 3.19. The zero-order valence-electron chi connectivity index (χ0n) is 20.4. The highest BCUT2D eigenvalue weighted by Gasteiger charge is 2.41. The Kier molecular flexibility index (Phi) is 10.2. The first-order chi connectivity index (χ1) is 14.8. The molecule has 3 N–H and O–H groups in total. The molecule has 0 bridgehead atoms. The quantitative estimate of drug-likeness (QED) is 0.502. The van der Waals surface area contributed by atoms with E-state index < -0.39 is 41.8 Å². The number of carbonyl (C=O) groups excluding carboxylic acids is 3. The zero-order valence-corrected chi connectivity index (χ0v) is 20.4. The molecule has 0 fully saturated rings.